The Morgan fingerprint density at radius 3 is 2.75 bits per heavy atom. The van der Waals surface area contributed by atoms with Gasteiger partial charge in [-0.05, 0) is 26.3 Å². The molecule has 2 rings (SSSR count). The number of anilines is 1. The van der Waals surface area contributed by atoms with Gasteiger partial charge in [-0.25, -0.2) is 9.97 Å². The van der Waals surface area contributed by atoms with Crippen LogP contribution in [0.15, 0.2) is 30.3 Å². The van der Waals surface area contributed by atoms with Crippen molar-refractivity contribution in [3.8, 4) is 11.4 Å². The van der Waals surface area contributed by atoms with E-state index in [9.17, 15) is 4.79 Å². The maximum absolute atomic E-state index is 11.5. The quantitative estimate of drug-likeness (QED) is 0.844. The molecule has 0 bridgehead atoms. The summed E-state index contributed by atoms with van der Waals surface area (Å²) in [5.41, 5.74) is 2.44. The summed E-state index contributed by atoms with van der Waals surface area (Å²) in [5, 5.41) is 3.26. The number of benzene rings is 1. The van der Waals surface area contributed by atoms with Gasteiger partial charge in [-0.15, -0.1) is 0 Å². The molecule has 0 aliphatic rings. The average molecular weight is 269 g/mol. The average Bonchev–Trinajstić information content (AvgIpc) is 2.44. The fourth-order valence-corrected chi connectivity index (χ4v) is 1.92. The van der Waals surface area contributed by atoms with Crippen molar-refractivity contribution in [3.05, 3.63) is 41.6 Å². The Morgan fingerprint density at radius 1 is 1.25 bits per heavy atom. The predicted octanol–water partition coefficient (Wildman–Crippen LogP) is 3.48. The Hall–Kier alpha value is -2.23. The number of rotatable bonds is 5. The smallest absolute Gasteiger partial charge is 0.161 e. The van der Waals surface area contributed by atoms with Gasteiger partial charge in [0.2, 0.25) is 0 Å². The molecule has 1 aromatic heterocycles. The maximum atomic E-state index is 11.5. The van der Waals surface area contributed by atoms with Crippen LogP contribution in [0.5, 0.6) is 0 Å². The first-order chi connectivity index (χ1) is 9.60. The molecule has 0 saturated carbocycles. The Bertz CT molecular complexity index is 623. The highest BCUT2D eigenvalue weighted by atomic mass is 16.1. The van der Waals surface area contributed by atoms with Crippen LogP contribution in [-0.4, -0.2) is 22.3 Å². The van der Waals surface area contributed by atoms with E-state index in [1.165, 1.54) is 0 Å². The van der Waals surface area contributed by atoms with Gasteiger partial charge in [0.25, 0.3) is 0 Å². The molecule has 0 amide bonds. The summed E-state index contributed by atoms with van der Waals surface area (Å²) in [6.45, 7) is 6.49. The number of carbonyl (C=O) groups excluding carboxylic acids is 1. The molecule has 104 valence electrons. The molecule has 0 atom stereocenters. The van der Waals surface area contributed by atoms with Gasteiger partial charge in [0.1, 0.15) is 5.82 Å². The standard InChI is InChI=1S/C16H19N3O/c1-4-8-17-15-9-11(2)18-16(19-15)14-7-5-6-13(10-14)12(3)20/h5-7,9-10H,4,8H2,1-3H3,(H,17,18,19). The van der Waals surface area contributed by atoms with Crippen LogP contribution >= 0.6 is 0 Å². The van der Waals surface area contributed by atoms with Gasteiger partial charge in [-0.2, -0.15) is 0 Å². The maximum Gasteiger partial charge on any atom is 0.161 e. The number of Topliss-reactive ketones (excluding diaryl/α,β-unsaturated/α-hetero) is 1. The Balaban J connectivity index is 2.38. The third kappa shape index (κ3) is 3.41. The molecule has 0 unspecified atom stereocenters. The van der Waals surface area contributed by atoms with Gasteiger partial charge < -0.3 is 5.32 Å². The zero-order valence-corrected chi connectivity index (χ0v) is 12.1. The molecule has 2 aromatic rings. The molecule has 0 aliphatic heterocycles. The summed E-state index contributed by atoms with van der Waals surface area (Å²) >= 11 is 0. The first-order valence-corrected chi connectivity index (χ1v) is 6.81. The molecule has 4 nitrogen and oxygen atoms in total. The minimum Gasteiger partial charge on any atom is -0.370 e. The van der Waals surface area contributed by atoms with E-state index < -0.39 is 0 Å². The van der Waals surface area contributed by atoms with E-state index in [0.29, 0.717) is 11.4 Å². The van der Waals surface area contributed by atoms with Crippen molar-refractivity contribution in [2.24, 2.45) is 0 Å². The highest BCUT2D eigenvalue weighted by molar-refractivity contribution is 5.95. The van der Waals surface area contributed by atoms with Crippen LogP contribution in [-0.2, 0) is 0 Å². The second-order valence-corrected chi connectivity index (χ2v) is 4.78. The van der Waals surface area contributed by atoms with Crippen molar-refractivity contribution in [2.45, 2.75) is 27.2 Å². The Morgan fingerprint density at radius 2 is 2.05 bits per heavy atom. The van der Waals surface area contributed by atoms with Crippen molar-refractivity contribution < 1.29 is 4.79 Å². The lowest BCUT2D eigenvalue weighted by Gasteiger charge is -2.08. The first kappa shape index (κ1) is 14.2. The normalized spacial score (nSPS) is 10.3. The van der Waals surface area contributed by atoms with Gasteiger partial charge in [-0.3, -0.25) is 4.79 Å². The minimum absolute atomic E-state index is 0.0452. The highest BCUT2D eigenvalue weighted by Gasteiger charge is 2.07. The number of nitrogens with zero attached hydrogens (tertiary/aromatic N) is 2. The van der Waals surface area contributed by atoms with Crippen LogP contribution in [0, 0.1) is 6.92 Å². The molecular weight excluding hydrogens is 250 g/mol. The Kier molecular flexibility index (Phi) is 4.45. The third-order valence-corrected chi connectivity index (χ3v) is 2.94. The number of aromatic nitrogens is 2. The lowest BCUT2D eigenvalue weighted by Crippen LogP contribution is -2.04. The number of hydrogen-bond acceptors (Lipinski definition) is 4. The van der Waals surface area contributed by atoms with Crippen molar-refractivity contribution in [1.29, 1.82) is 0 Å². The number of ketones is 1. The molecule has 20 heavy (non-hydrogen) atoms. The first-order valence-electron chi connectivity index (χ1n) is 6.81. The van der Waals surface area contributed by atoms with Gasteiger partial charge in [-0.1, -0.05) is 25.1 Å². The van der Waals surface area contributed by atoms with E-state index in [4.69, 9.17) is 0 Å². The van der Waals surface area contributed by atoms with E-state index in [1.807, 2.05) is 31.2 Å². The third-order valence-electron chi connectivity index (χ3n) is 2.94. The second-order valence-electron chi connectivity index (χ2n) is 4.78. The van der Waals surface area contributed by atoms with Gasteiger partial charge in [0.05, 0.1) is 0 Å². The van der Waals surface area contributed by atoms with Gasteiger partial charge in [0, 0.05) is 29.4 Å². The van der Waals surface area contributed by atoms with Crippen molar-refractivity contribution in [1.82, 2.24) is 9.97 Å². The number of nitrogens with one attached hydrogen (secondary N) is 1. The van der Waals surface area contributed by atoms with Gasteiger partial charge >= 0.3 is 0 Å². The second kappa shape index (κ2) is 6.28. The van der Waals surface area contributed by atoms with Crippen LogP contribution < -0.4 is 5.32 Å². The molecule has 0 aliphatic carbocycles. The van der Waals surface area contributed by atoms with E-state index >= 15 is 0 Å². The lowest BCUT2D eigenvalue weighted by molar-refractivity contribution is 0.101. The zero-order valence-electron chi connectivity index (χ0n) is 12.1. The SMILES string of the molecule is CCCNc1cc(C)nc(-c2cccc(C(C)=O)c2)n1. The molecule has 0 spiro atoms. The molecule has 0 saturated heterocycles. The number of hydrogen-bond donors (Lipinski definition) is 1. The molecule has 0 radical (unpaired) electrons. The molecule has 1 heterocycles. The van der Waals surface area contributed by atoms with Gasteiger partial charge in [0.15, 0.2) is 11.6 Å². The topological polar surface area (TPSA) is 54.9 Å². The lowest BCUT2D eigenvalue weighted by atomic mass is 10.1. The van der Waals surface area contributed by atoms with Crippen LogP contribution in [0.1, 0.15) is 36.3 Å². The highest BCUT2D eigenvalue weighted by Crippen LogP contribution is 2.19. The van der Waals surface area contributed by atoms with E-state index in [-0.39, 0.29) is 5.78 Å². The fraction of sp³-hybridized carbons (Fsp3) is 0.312. The largest absolute Gasteiger partial charge is 0.370 e. The van der Waals surface area contributed by atoms with E-state index in [1.54, 1.807) is 13.0 Å². The molecular formula is C16H19N3O. The van der Waals surface area contributed by atoms with E-state index in [2.05, 4.69) is 22.2 Å². The van der Waals surface area contributed by atoms with Crippen molar-refractivity contribution >= 4 is 11.6 Å². The summed E-state index contributed by atoms with van der Waals surface area (Å²) < 4.78 is 0. The summed E-state index contributed by atoms with van der Waals surface area (Å²) in [6, 6.07) is 9.34. The molecule has 1 N–H and O–H groups in total. The van der Waals surface area contributed by atoms with Crippen LogP contribution in [0.25, 0.3) is 11.4 Å². The summed E-state index contributed by atoms with van der Waals surface area (Å²) in [5.74, 6) is 1.51. The van der Waals surface area contributed by atoms with Crippen LogP contribution in [0.2, 0.25) is 0 Å². The summed E-state index contributed by atoms with van der Waals surface area (Å²) in [7, 11) is 0. The Labute approximate surface area is 119 Å². The van der Waals surface area contributed by atoms with E-state index in [0.717, 1.165) is 30.0 Å². The summed E-state index contributed by atoms with van der Waals surface area (Å²) in [4.78, 5) is 20.4. The predicted molar refractivity (Wildman–Crippen MR) is 81.0 cm³/mol. The minimum atomic E-state index is 0.0452. The number of carbonyl (C=O) groups is 1. The summed E-state index contributed by atoms with van der Waals surface area (Å²) in [6.07, 6.45) is 1.04. The molecule has 0 fully saturated rings. The molecule has 4 heteroatoms. The van der Waals surface area contributed by atoms with Crippen molar-refractivity contribution in [3.63, 3.8) is 0 Å². The van der Waals surface area contributed by atoms with Crippen LogP contribution in [0.4, 0.5) is 5.82 Å². The number of aryl methyl sites for hydroxylation is 1. The monoisotopic (exact) mass is 269 g/mol. The van der Waals surface area contributed by atoms with Crippen LogP contribution in [0.3, 0.4) is 0 Å². The zero-order chi connectivity index (χ0) is 14.5. The molecule has 1 aromatic carbocycles. The fourth-order valence-electron chi connectivity index (χ4n) is 1.92. The van der Waals surface area contributed by atoms with Crippen molar-refractivity contribution in [2.75, 3.05) is 11.9 Å².